The summed E-state index contributed by atoms with van der Waals surface area (Å²) in [5.74, 6) is 0.970. The number of rotatable bonds is 5. The van der Waals surface area contributed by atoms with Crippen molar-refractivity contribution in [3.05, 3.63) is 23.4 Å². The highest BCUT2D eigenvalue weighted by atomic mass is 16.4. The first-order valence-corrected chi connectivity index (χ1v) is 10.5. The summed E-state index contributed by atoms with van der Waals surface area (Å²) in [6.07, 6.45) is 5.29. The van der Waals surface area contributed by atoms with Gasteiger partial charge in [-0.3, -0.25) is 14.5 Å². The van der Waals surface area contributed by atoms with Gasteiger partial charge in [0.05, 0.1) is 5.92 Å². The van der Waals surface area contributed by atoms with Crippen molar-refractivity contribution >= 4 is 17.7 Å². The van der Waals surface area contributed by atoms with E-state index >= 15 is 0 Å². The summed E-state index contributed by atoms with van der Waals surface area (Å²) in [6, 6.07) is 3.87. The summed E-state index contributed by atoms with van der Waals surface area (Å²) < 4.78 is 0. The van der Waals surface area contributed by atoms with Crippen molar-refractivity contribution in [2.24, 2.45) is 11.8 Å². The molecule has 7 nitrogen and oxygen atoms in total. The largest absolute Gasteiger partial charge is 0.480 e. The van der Waals surface area contributed by atoms with Crippen LogP contribution in [0.5, 0.6) is 0 Å². The number of carbonyl (C=O) groups excluding carboxylic acids is 1. The number of piperidine rings is 1. The van der Waals surface area contributed by atoms with Crippen LogP contribution < -0.4 is 5.32 Å². The predicted octanol–water partition coefficient (Wildman–Crippen LogP) is 1.63. The zero-order valence-corrected chi connectivity index (χ0v) is 16.6. The van der Waals surface area contributed by atoms with Crippen LogP contribution in [0.25, 0.3) is 0 Å². The van der Waals surface area contributed by atoms with Gasteiger partial charge in [0.25, 0.3) is 0 Å². The highest BCUT2D eigenvalue weighted by Crippen LogP contribution is 2.27. The number of carboxylic acids is 1. The fraction of sp³-hybridized carbons (Fsp3) is 0.667. The number of aryl methyl sites for hydroxylation is 1. The van der Waals surface area contributed by atoms with Crippen LogP contribution >= 0.6 is 0 Å². The van der Waals surface area contributed by atoms with Crippen molar-refractivity contribution in [3.8, 4) is 0 Å². The standard InChI is InChI=1S/C21H30N4O3/c1-14(21(27)28)25-12-17(13-25)20(26)24-9-6-15(7-10-24)11-18-5-4-16-3-2-8-22-19(16)23-18/h4-5,14-15,17H,2-3,6-13H2,1H3,(H,22,23)(H,27,28). The van der Waals surface area contributed by atoms with E-state index in [0.29, 0.717) is 19.0 Å². The number of nitrogens with zero attached hydrogens (tertiary/aromatic N) is 3. The lowest BCUT2D eigenvalue weighted by Gasteiger charge is -2.43. The minimum Gasteiger partial charge on any atom is -0.480 e. The number of nitrogens with one attached hydrogen (secondary N) is 1. The van der Waals surface area contributed by atoms with Gasteiger partial charge >= 0.3 is 5.97 Å². The molecule has 0 spiro atoms. The Morgan fingerprint density at radius 3 is 2.75 bits per heavy atom. The van der Waals surface area contributed by atoms with E-state index in [0.717, 1.165) is 56.8 Å². The van der Waals surface area contributed by atoms with Gasteiger partial charge in [0.15, 0.2) is 0 Å². The summed E-state index contributed by atoms with van der Waals surface area (Å²) in [7, 11) is 0. The van der Waals surface area contributed by atoms with Crippen molar-refractivity contribution < 1.29 is 14.7 Å². The van der Waals surface area contributed by atoms with Crippen LogP contribution in [0.4, 0.5) is 5.82 Å². The molecule has 2 fully saturated rings. The molecule has 4 heterocycles. The molecule has 1 amide bonds. The topological polar surface area (TPSA) is 85.8 Å². The second-order valence-corrected chi connectivity index (χ2v) is 8.48. The third kappa shape index (κ3) is 3.99. The molecule has 28 heavy (non-hydrogen) atoms. The SMILES string of the molecule is CC(C(=O)O)N1CC(C(=O)N2CCC(Cc3ccc4c(n3)NCCC4)CC2)C1. The molecule has 0 radical (unpaired) electrons. The zero-order chi connectivity index (χ0) is 19.7. The third-order valence-corrected chi connectivity index (χ3v) is 6.54. The number of amides is 1. The molecule has 2 N–H and O–H groups in total. The van der Waals surface area contributed by atoms with E-state index in [9.17, 15) is 9.59 Å². The molecule has 1 aromatic heterocycles. The van der Waals surface area contributed by atoms with Crippen molar-refractivity contribution in [2.45, 2.75) is 45.1 Å². The van der Waals surface area contributed by atoms with Gasteiger partial charge in [-0.1, -0.05) is 6.07 Å². The maximum Gasteiger partial charge on any atom is 0.320 e. The van der Waals surface area contributed by atoms with Gasteiger partial charge in [-0.2, -0.15) is 0 Å². The second-order valence-electron chi connectivity index (χ2n) is 8.48. The van der Waals surface area contributed by atoms with Gasteiger partial charge in [0.2, 0.25) is 5.91 Å². The van der Waals surface area contributed by atoms with Gasteiger partial charge in [-0.25, -0.2) is 4.98 Å². The number of pyridine rings is 1. The molecule has 1 unspecified atom stereocenters. The minimum absolute atomic E-state index is 0.0354. The fourth-order valence-electron chi connectivity index (χ4n) is 4.54. The first-order chi connectivity index (χ1) is 13.5. The number of hydrogen-bond acceptors (Lipinski definition) is 5. The molecule has 2 saturated heterocycles. The molecule has 1 atom stereocenters. The average molecular weight is 386 g/mol. The van der Waals surface area contributed by atoms with E-state index in [4.69, 9.17) is 10.1 Å². The Labute approximate surface area is 166 Å². The summed E-state index contributed by atoms with van der Waals surface area (Å²) in [6.45, 7) is 5.43. The van der Waals surface area contributed by atoms with Crippen LogP contribution in [0, 0.1) is 11.8 Å². The van der Waals surface area contributed by atoms with Crippen molar-refractivity contribution in [1.82, 2.24) is 14.8 Å². The Morgan fingerprint density at radius 2 is 2.04 bits per heavy atom. The molecule has 3 aliphatic heterocycles. The molecule has 0 saturated carbocycles. The molecule has 152 valence electrons. The van der Waals surface area contributed by atoms with E-state index in [-0.39, 0.29) is 11.8 Å². The van der Waals surface area contributed by atoms with Crippen molar-refractivity contribution in [3.63, 3.8) is 0 Å². The van der Waals surface area contributed by atoms with Crippen LogP contribution in [0.3, 0.4) is 0 Å². The molecule has 1 aromatic rings. The number of aliphatic carboxylic acids is 1. The number of fused-ring (bicyclic) bond motifs is 1. The van der Waals surface area contributed by atoms with Gasteiger partial charge in [-0.05, 0) is 56.6 Å². The first-order valence-electron chi connectivity index (χ1n) is 10.5. The number of carboxylic acid groups (broad SMARTS) is 1. The lowest BCUT2D eigenvalue weighted by Crippen LogP contribution is -2.59. The number of likely N-dealkylation sites (tertiary alicyclic amines) is 2. The summed E-state index contributed by atoms with van der Waals surface area (Å²) >= 11 is 0. The number of anilines is 1. The smallest absolute Gasteiger partial charge is 0.320 e. The Bertz CT molecular complexity index is 739. The Morgan fingerprint density at radius 1 is 1.29 bits per heavy atom. The van der Waals surface area contributed by atoms with Gasteiger partial charge in [0, 0.05) is 38.4 Å². The quantitative estimate of drug-likeness (QED) is 0.800. The summed E-state index contributed by atoms with van der Waals surface area (Å²) in [5.41, 5.74) is 2.47. The van der Waals surface area contributed by atoms with Crippen LogP contribution in [0.15, 0.2) is 12.1 Å². The molecule has 4 rings (SSSR count). The molecule has 0 bridgehead atoms. The van der Waals surface area contributed by atoms with Crippen LogP contribution in [-0.4, -0.2) is 70.5 Å². The average Bonchev–Trinajstić information content (AvgIpc) is 2.67. The molecule has 3 aliphatic rings. The zero-order valence-electron chi connectivity index (χ0n) is 16.6. The Kier molecular flexibility index (Phi) is 5.53. The van der Waals surface area contributed by atoms with Crippen LogP contribution in [0.2, 0.25) is 0 Å². The number of hydrogen-bond donors (Lipinski definition) is 2. The van der Waals surface area contributed by atoms with Gasteiger partial charge in [-0.15, -0.1) is 0 Å². The Balaban J connectivity index is 1.24. The van der Waals surface area contributed by atoms with Crippen molar-refractivity contribution in [1.29, 1.82) is 0 Å². The van der Waals surface area contributed by atoms with E-state index in [2.05, 4.69) is 17.4 Å². The van der Waals surface area contributed by atoms with E-state index in [1.807, 2.05) is 9.80 Å². The van der Waals surface area contributed by atoms with E-state index < -0.39 is 12.0 Å². The monoisotopic (exact) mass is 386 g/mol. The molecule has 7 heteroatoms. The van der Waals surface area contributed by atoms with Crippen LogP contribution in [0.1, 0.15) is 37.4 Å². The van der Waals surface area contributed by atoms with Crippen molar-refractivity contribution in [2.75, 3.05) is 38.0 Å². The van der Waals surface area contributed by atoms with Gasteiger partial charge in [0.1, 0.15) is 11.9 Å². The fourth-order valence-corrected chi connectivity index (χ4v) is 4.54. The minimum atomic E-state index is -0.822. The number of aromatic nitrogens is 1. The van der Waals surface area contributed by atoms with Gasteiger partial charge < -0.3 is 15.3 Å². The van der Waals surface area contributed by atoms with Crippen LogP contribution in [-0.2, 0) is 22.4 Å². The lowest BCUT2D eigenvalue weighted by molar-refractivity contribution is -0.152. The second kappa shape index (κ2) is 8.07. The highest BCUT2D eigenvalue weighted by Gasteiger charge is 2.40. The molecular formula is C21H30N4O3. The molecule has 0 aliphatic carbocycles. The maximum atomic E-state index is 12.7. The number of carbonyl (C=O) groups is 2. The molecule has 0 aromatic carbocycles. The Hall–Kier alpha value is -2.15. The van der Waals surface area contributed by atoms with E-state index in [1.165, 1.54) is 12.0 Å². The summed E-state index contributed by atoms with van der Waals surface area (Å²) in [4.78, 5) is 32.3. The third-order valence-electron chi connectivity index (χ3n) is 6.54. The molecular weight excluding hydrogens is 356 g/mol. The normalized spacial score (nSPS) is 22.1. The predicted molar refractivity (Wildman–Crippen MR) is 106 cm³/mol. The highest BCUT2D eigenvalue weighted by molar-refractivity contribution is 5.81. The summed E-state index contributed by atoms with van der Waals surface area (Å²) in [5, 5.41) is 12.5. The maximum absolute atomic E-state index is 12.7. The first kappa shape index (κ1) is 19.2. The van der Waals surface area contributed by atoms with E-state index in [1.54, 1.807) is 6.92 Å². The lowest BCUT2D eigenvalue weighted by atomic mass is 9.89.